The Morgan fingerprint density at radius 2 is 2.13 bits per heavy atom. The number of aryl methyl sites for hydroxylation is 1. The van der Waals surface area contributed by atoms with E-state index < -0.39 is 5.54 Å². The molecule has 1 fully saturated rings. The van der Waals surface area contributed by atoms with E-state index >= 15 is 0 Å². The fraction of sp³-hybridized carbons (Fsp3) is 0.312. The van der Waals surface area contributed by atoms with Gasteiger partial charge in [0.25, 0.3) is 5.91 Å². The van der Waals surface area contributed by atoms with Gasteiger partial charge in [-0.2, -0.15) is 5.10 Å². The van der Waals surface area contributed by atoms with Crippen LogP contribution in [-0.4, -0.2) is 33.2 Å². The Bertz CT molecular complexity index is 800. The summed E-state index contributed by atoms with van der Waals surface area (Å²) in [4.78, 5) is 26.7. The molecule has 0 aliphatic carbocycles. The van der Waals surface area contributed by atoms with Crippen LogP contribution >= 0.6 is 0 Å². The zero-order valence-corrected chi connectivity index (χ0v) is 12.7. The van der Waals surface area contributed by atoms with E-state index in [9.17, 15) is 9.59 Å². The second kappa shape index (κ2) is 4.84. The van der Waals surface area contributed by atoms with Crippen molar-refractivity contribution in [2.24, 2.45) is 7.05 Å². The first-order valence-electron chi connectivity index (χ1n) is 7.45. The number of imide groups is 1. The average molecular weight is 312 g/mol. The number of carbonyl (C=O) groups excluding carboxylic acids is 2. The van der Waals surface area contributed by atoms with Crippen molar-refractivity contribution in [2.75, 3.05) is 6.61 Å². The molecule has 23 heavy (non-hydrogen) atoms. The Morgan fingerprint density at radius 1 is 1.30 bits per heavy atom. The van der Waals surface area contributed by atoms with Gasteiger partial charge in [0, 0.05) is 25.2 Å². The Labute approximate surface area is 132 Å². The molecule has 2 aromatic rings. The first-order valence-corrected chi connectivity index (χ1v) is 7.45. The van der Waals surface area contributed by atoms with Gasteiger partial charge in [0.2, 0.25) is 0 Å². The molecule has 2 aliphatic heterocycles. The normalized spacial score (nSPS) is 22.9. The predicted molar refractivity (Wildman–Crippen MR) is 80.5 cm³/mol. The van der Waals surface area contributed by atoms with Gasteiger partial charge in [-0.25, -0.2) is 4.79 Å². The van der Waals surface area contributed by atoms with E-state index in [1.807, 2.05) is 24.3 Å². The third-order valence-electron chi connectivity index (χ3n) is 4.50. The molecule has 0 unspecified atom stereocenters. The van der Waals surface area contributed by atoms with Gasteiger partial charge in [-0.3, -0.25) is 14.4 Å². The third kappa shape index (κ3) is 1.93. The van der Waals surface area contributed by atoms with Crippen LogP contribution in [0.15, 0.2) is 36.5 Å². The summed E-state index contributed by atoms with van der Waals surface area (Å²) in [6.07, 6.45) is 2.07. The maximum Gasteiger partial charge on any atom is 0.325 e. The van der Waals surface area contributed by atoms with Crippen LogP contribution in [0.3, 0.4) is 0 Å². The number of nitrogens with one attached hydrogen (secondary N) is 1. The maximum absolute atomic E-state index is 13.1. The number of amides is 3. The highest BCUT2D eigenvalue weighted by Crippen LogP contribution is 2.41. The minimum Gasteiger partial charge on any atom is -0.493 e. The van der Waals surface area contributed by atoms with E-state index in [0.29, 0.717) is 18.8 Å². The molecule has 118 valence electrons. The lowest BCUT2D eigenvalue weighted by molar-refractivity contribution is -0.133. The molecule has 0 bridgehead atoms. The molecule has 1 atom stereocenters. The molecule has 7 nitrogen and oxygen atoms in total. The summed E-state index contributed by atoms with van der Waals surface area (Å²) < 4.78 is 7.27. The standard InChI is InChI=1S/C16H16N4O3/c1-19-11(6-8-17-19)10-20-14(21)16(18-15(20)22)7-9-23-13-5-3-2-4-12(13)16/h2-6,8H,7,9-10H2,1H3,(H,18,22)/t16-/m1/s1. The summed E-state index contributed by atoms with van der Waals surface area (Å²) in [7, 11) is 1.79. The van der Waals surface area contributed by atoms with Gasteiger partial charge in [-0.15, -0.1) is 0 Å². The minimum atomic E-state index is -1.02. The van der Waals surface area contributed by atoms with E-state index in [-0.39, 0.29) is 18.5 Å². The highest BCUT2D eigenvalue weighted by Gasteiger charge is 2.54. The Hall–Kier alpha value is -2.83. The Morgan fingerprint density at radius 3 is 2.91 bits per heavy atom. The van der Waals surface area contributed by atoms with Crippen molar-refractivity contribution < 1.29 is 14.3 Å². The zero-order chi connectivity index (χ0) is 16.0. The largest absolute Gasteiger partial charge is 0.493 e. The number of hydrogen-bond donors (Lipinski definition) is 1. The molecule has 4 rings (SSSR count). The second-order valence-corrected chi connectivity index (χ2v) is 5.77. The van der Waals surface area contributed by atoms with Gasteiger partial charge in [0.05, 0.1) is 18.8 Å². The molecular formula is C16H16N4O3. The summed E-state index contributed by atoms with van der Waals surface area (Å²) in [5, 5.41) is 6.96. The molecule has 0 saturated carbocycles. The second-order valence-electron chi connectivity index (χ2n) is 5.77. The first-order chi connectivity index (χ1) is 11.1. The van der Waals surface area contributed by atoms with Crippen molar-refractivity contribution in [1.82, 2.24) is 20.0 Å². The van der Waals surface area contributed by atoms with Crippen LogP contribution in [0.25, 0.3) is 0 Å². The van der Waals surface area contributed by atoms with Crippen molar-refractivity contribution in [2.45, 2.75) is 18.5 Å². The summed E-state index contributed by atoms with van der Waals surface area (Å²) in [5.74, 6) is 0.411. The highest BCUT2D eigenvalue weighted by molar-refractivity contribution is 6.07. The monoisotopic (exact) mass is 312 g/mol. The lowest BCUT2D eigenvalue weighted by Gasteiger charge is -2.33. The summed E-state index contributed by atoms with van der Waals surface area (Å²) in [6, 6.07) is 8.77. The van der Waals surface area contributed by atoms with Crippen molar-refractivity contribution in [1.29, 1.82) is 0 Å². The van der Waals surface area contributed by atoms with E-state index in [2.05, 4.69) is 10.4 Å². The molecular weight excluding hydrogens is 296 g/mol. The lowest BCUT2D eigenvalue weighted by atomic mass is 9.84. The molecule has 7 heteroatoms. The van der Waals surface area contributed by atoms with Crippen LogP contribution in [0.4, 0.5) is 4.79 Å². The van der Waals surface area contributed by atoms with Crippen molar-refractivity contribution >= 4 is 11.9 Å². The highest BCUT2D eigenvalue weighted by atomic mass is 16.5. The molecule has 3 heterocycles. The number of nitrogens with zero attached hydrogens (tertiary/aromatic N) is 3. The predicted octanol–water partition coefficient (Wildman–Crippen LogP) is 1.15. The molecule has 1 saturated heterocycles. The van der Waals surface area contributed by atoms with Gasteiger partial charge in [0.15, 0.2) is 5.54 Å². The van der Waals surface area contributed by atoms with Crippen LogP contribution < -0.4 is 10.1 Å². The lowest BCUT2D eigenvalue weighted by Crippen LogP contribution is -2.47. The van der Waals surface area contributed by atoms with E-state index in [1.165, 1.54) is 4.90 Å². The number of rotatable bonds is 2. The minimum absolute atomic E-state index is 0.200. The number of ether oxygens (including phenoxy) is 1. The quantitative estimate of drug-likeness (QED) is 0.844. The number of para-hydroxylation sites is 1. The van der Waals surface area contributed by atoms with Gasteiger partial charge in [0.1, 0.15) is 5.75 Å². The van der Waals surface area contributed by atoms with Gasteiger partial charge in [-0.05, 0) is 12.1 Å². The smallest absolute Gasteiger partial charge is 0.325 e. The topological polar surface area (TPSA) is 76.5 Å². The molecule has 1 spiro atoms. The van der Waals surface area contributed by atoms with Crippen LogP contribution in [0.5, 0.6) is 5.75 Å². The van der Waals surface area contributed by atoms with E-state index in [4.69, 9.17) is 4.74 Å². The molecule has 1 N–H and O–H groups in total. The number of carbonyl (C=O) groups is 2. The fourth-order valence-electron chi connectivity index (χ4n) is 3.23. The molecule has 1 aromatic carbocycles. The summed E-state index contributed by atoms with van der Waals surface area (Å²) >= 11 is 0. The van der Waals surface area contributed by atoms with Crippen molar-refractivity contribution in [3.05, 3.63) is 47.8 Å². The number of hydrogen-bond acceptors (Lipinski definition) is 4. The number of fused-ring (bicyclic) bond motifs is 2. The SMILES string of the molecule is Cn1nccc1CN1C(=O)N[C@@]2(CCOc3ccccc32)C1=O. The van der Waals surface area contributed by atoms with E-state index in [0.717, 1.165) is 11.3 Å². The number of benzene rings is 1. The van der Waals surface area contributed by atoms with Gasteiger partial charge < -0.3 is 10.1 Å². The maximum atomic E-state index is 13.1. The molecule has 3 amide bonds. The van der Waals surface area contributed by atoms with Gasteiger partial charge in [-0.1, -0.05) is 18.2 Å². The molecule has 0 radical (unpaired) electrons. The van der Waals surface area contributed by atoms with Gasteiger partial charge >= 0.3 is 6.03 Å². The third-order valence-corrected chi connectivity index (χ3v) is 4.50. The zero-order valence-electron chi connectivity index (χ0n) is 12.7. The van der Waals surface area contributed by atoms with Crippen molar-refractivity contribution in [3.8, 4) is 5.75 Å². The summed E-state index contributed by atoms with van der Waals surface area (Å²) in [5.41, 5.74) is 0.493. The summed E-state index contributed by atoms with van der Waals surface area (Å²) in [6.45, 7) is 0.592. The van der Waals surface area contributed by atoms with Crippen LogP contribution in [0.2, 0.25) is 0 Å². The van der Waals surface area contributed by atoms with Crippen molar-refractivity contribution in [3.63, 3.8) is 0 Å². The Kier molecular flexibility index (Phi) is 2.90. The average Bonchev–Trinajstić information content (AvgIpc) is 3.06. The fourth-order valence-corrected chi connectivity index (χ4v) is 3.23. The van der Waals surface area contributed by atoms with Crippen LogP contribution in [-0.2, 0) is 23.9 Å². The molecule has 2 aliphatic rings. The first kappa shape index (κ1) is 13.8. The van der Waals surface area contributed by atoms with Crippen LogP contribution in [0.1, 0.15) is 17.7 Å². The number of aromatic nitrogens is 2. The van der Waals surface area contributed by atoms with Crippen LogP contribution in [0, 0.1) is 0 Å². The Balaban J connectivity index is 1.72. The molecule has 1 aromatic heterocycles. The number of urea groups is 1. The van der Waals surface area contributed by atoms with E-state index in [1.54, 1.807) is 24.0 Å².